The molecule has 0 saturated carbocycles. The monoisotopic (exact) mass is 219 g/mol. The van der Waals surface area contributed by atoms with Gasteiger partial charge in [0.2, 0.25) is 0 Å². The van der Waals surface area contributed by atoms with Gasteiger partial charge in [-0.25, -0.2) is 0 Å². The van der Waals surface area contributed by atoms with E-state index in [4.69, 9.17) is 0 Å². The van der Waals surface area contributed by atoms with Gasteiger partial charge in [-0.1, -0.05) is 13.2 Å². The lowest BCUT2D eigenvalue weighted by atomic mass is 10.1. The molecule has 1 heterocycles. The van der Waals surface area contributed by atoms with Crippen LogP contribution in [0.4, 0.5) is 0 Å². The van der Waals surface area contributed by atoms with Crippen molar-refractivity contribution in [2.24, 2.45) is 5.10 Å². The second-order valence-electron chi connectivity index (χ2n) is 4.30. The van der Waals surface area contributed by atoms with Crippen LogP contribution in [-0.2, 0) is 0 Å². The second kappa shape index (κ2) is 5.54. The van der Waals surface area contributed by atoms with Crippen LogP contribution in [0, 0.1) is 0 Å². The Hall–Kier alpha value is -1.51. The maximum Gasteiger partial charge on any atom is 0.0534 e. The molecule has 1 rings (SSSR count). The van der Waals surface area contributed by atoms with Gasteiger partial charge in [0.15, 0.2) is 0 Å². The van der Waals surface area contributed by atoms with Crippen LogP contribution < -0.4 is 5.43 Å². The highest BCUT2D eigenvalue weighted by Gasteiger charge is 2.12. The molecule has 0 atom stereocenters. The van der Waals surface area contributed by atoms with Crippen molar-refractivity contribution in [3.05, 3.63) is 36.1 Å². The van der Waals surface area contributed by atoms with Crippen molar-refractivity contribution in [1.29, 1.82) is 0 Å². The van der Waals surface area contributed by atoms with Crippen LogP contribution in [-0.4, -0.2) is 30.2 Å². The summed E-state index contributed by atoms with van der Waals surface area (Å²) in [5.41, 5.74) is 6.10. The van der Waals surface area contributed by atoms with Crippen LogP contribution >= 0.6 is 0 Å². The van der Waals surface area contributed by atoms with Crippen LogP contribution in [0.3, 0.4) is 0 Å². The van der Waals surface area contributed by atoms with E-state index in [9.17, 15) is 0 Å². The fraction of sp³-hybridized carbons (Fsp3) is 0.462. The van der Waals surface area contributed by atoms with E-state index in [0.29, 0.717) is 6.04 Å². The summed E-state index contributed by atoms with van der Waals surface area (Å²) in [7, 11) is 0. The molecule has 0 aliphatic carbocycles. The Morgan fingerprint density at radius 2 is 2.12 bits per heavy atom. The van der Waals surface area contributed by atoms with E-state index in [0.717, 1.165) is 29.9 Å². The van der Waals surface area contributed by atoms with Crippen molar-refractivity contribution < 1.29 is 0 Å². The third kappa shape index (κ3) is 3.26. The molecule has 0 aromatic heterocycles. The topological polar surface area (TPSA) is 27.6 Å². The standard InChI is InChI=1S/C13H21N3/c1-10(2)16-7-6-14-15-9-11(3)8-12(4)13(16)5/h8-10,14H,3,5-7H2,1-2,4H3/b12-8+,15-9-. The molecule has 0 bridgehead atoms. The van der Waals surface area contributed by atoms with Gasteiger partial charge >= 0.3 is 0 Å². The fourth-order valence-corrected chi connectivity index (χ4v) is 1.69. The molecule has 3 nitrogen and oxygen atoms in total. The molecule has 3 heteroatoms. The zero-order valence-corrected chi connectivity index (χ0v) is 10.5. The average Bonchev–Trinajstić information content (AvgIpc) is 2.20. The first-order chi connectivity index (χ1) is 7.52. The molecule has 0 aromatic rings. The third-order valence-electron chi connectivity index (χ3n) is 2.61. The van der Waals surface area contributed by atoms with E-state index in [2.05, 4.69) is 49.4 Å². The van der Waals surface area contributed by atoms with Crippen molar-refractivity contribution in [3.8, 4) is 0 Å². The first-order valence-corrected chi connectivity index (χ1v) is 5.61. The van der Waals surface area contributed by atoms with Crippen LogP contribution in [0.15, 0.2) is 41.2 Å². The van der Waals surface area contributed by atoms with Crippen molar-refractivity contribution in [3.63, 3.8) is 0 Å². The molecule has 0 amide bonds. The van der Waals surface area contributed by atoms with Gasteiger partial charge in [0, 0.05) is 18.3 Å². The minimum atomic E-state index is 0.439. The van der Waals surface area contributed by atoms with Gasteiger partial charge in [-0.05, 0) is 38.0 Å². The number of hydrogen-bond acceptors (Lipinski definition) is 3. The number of hydrazone groups is 1. The van der Waals surface area contributed by atoms with E-state index in [1.165, 1.54) is 0 Å². The summed E-state index contributed by atoms with van der Waals surface area (Å²) in [6.45, 7) is 16.2. The zero-order chi connectivity index (χ0) is 12.1. The van der Waals surface area contributed by atoms with Gasteiger partial charge in [0.1, 0.15) is 0 Å². The Bertz CT molecular complexity index is 337. The Kier molecular flexibility index (Phi) is 4.35. The zero-order valence-electron chi connectivity index (χ0n) is 10.5. The van der Waals surface area contributed by atoms with Crippen molar-refractivity contribution >= 4 is 6.21 Å². The summed E-state index contributed by atoms with van der Waals surface area (Å²) in [4.78, 5) is 2.27. The molecule has 1 aliphatic rings. The number of hydrogen-bond donors (Lipinski definition) is 1. The lowest BCUT2D eigenvalue weighted by Gasteiger charge is -2.31. The molecule has 16 heavy (non-hydrogen) atoms. The van der Waals surface area contributed by atoms with E-state index in [1.807, 2.05) is 6.08 Å². The normalized spacial score (nSPS) is 23.8. The Morgan fingerprint density at radius 1 is 1.44 bits per heavy atom. The van der Waals surface area contributed by atoms with E-state index < -0.39 is 0 Å². The summed E-state index contributed by atoms with van der Waals surface area (Å²) in [5.74, 6) is 0. The Balaban J connectivity index is 2.94. The minimum absolute atomic E-state index is 0.439. The van der Waals surface area contributed by atoms with Crippen LogP contribution in [0.2, 0.25) is 0 Å². The molecule has 1 N–H and O–H groups in total. The predicted octanol–water partition coefficient (Wildman–Crippen LogP) is 2.30. The van der Waals surface area contributed by atoms with Gasteiger partial charge in [-0.15, -0.1) is 0 Å². The predicted molar refractivity (Wildman–Crippen MR) is 70.4 cm³/mol. The lowest BCUT2D eigenvalue weighted by molar-refractivity contribution is 0.289. The summed E-state index contributed by atoms with van der Waals surface area (Å²) in [6.07, 6.45) is 3.75. The first kappa shape index (κ1) is 12.6. The lowest BCUT2D eigenvalue weighted by Crippen LogP contribution is -2.35. The molecule has 0 radical (unpaired) electrons. The van der Waals surface area contributed by atoms with Gasteiger partial charge in [-0.2, -0.15) is 5.10 Å². The Labute approximate surface area is 98.2 Å². The summed E-state index contributed by atoms with van der Waals surface area (Å²) < 4.78 is 0. The molecular formula is C13H21N3. The van der Waals surface area contributed by atoms with Crippen LogP contribution in [0.1, 0.15) is 20.8 Å². The van der Waals surface area contributed by atoms with Crippen LogP contribution in [0.5, 0.6) is 0 Å². The molecular weight excluding hydrogens is 198 g/mol. The van der Waals surface area contributed by atoms with Gasteiger partial charge in [0.25, 0.3) is 0 Å². The summed E-state index contributed by atoms with van der Waals surface area (Å²) >= 11 is 0. The molecule has 0 unspecified atom stereocenters. The SMILES string of the molecule is C=C1/C=N\NCCN(C(C)C)C(=C)/C(C)=C/1. The van der Waals surface area contributed by atoms with Crippen molar-refractivity contribution in [1.82, 2.24) is 10.3 Å². The number of rotatable bonds is 1. The summed E-state index contributed by atoms with van der Waals surface area (Å²) in [6, 6.07) is 0.439. The minimum Gasteiger partial charge on any atom is -0.368 e. The smallest absolute Gasteiger partial charge is 0.0534 e. The van der Waals surface area contributed by atoms with Crippen molar-refractivity contribution in [2.75, 3.05) is 13.1 Å². The molecule has 88 valence electrons. The fourth-order valence-electron chi connectivity index (χ4n) is 1.69. The number of allylic oxidation sites excluding steroid dienone is 3. The average molecular weight is 219 g/mol. The van der Waals surface area contributed by atoms with E-state index >= 15 is 0 Å². The third-order valence-corrected chi connectivity index (χ3v) is 2.61. The van der Waals surface area contributed by atoms with Gasteiger partial charge in [0.05, 0.1) is 12.8 Å². The van der Waals surface area contributed by atoms with Crippen molar-refractivity contribution in [2.45, 2.75) is 26.8 Å². The molecule has 0 aromatic carbocycles. The molecule has 0 fully saturated rings. The van der Waals surface area contributed by atoms with Gasteiger partial charge < -0.3 is 10.3 Å². The quantitative estimate of drug-likeness (QED) is 0.733. The van der Waals surface area contributed by atoms with Crippen LogP contribution in [0.25, 0.3) is 0 Å². The maximum atomic E-state index is 4.15. The largest absolute Gasteiger partial charge is 0.368 e. The molecule has 1 aliphatic heterocycles. The Morgan fingerprint density at radius 3 is 2.75 bits per heavy atom. The van der Waals surface area contributed by atoms with E-state index in [1.54, 1.807) is 6.21 Å². The molecule has 0 saturated heterocycles. The first-order valence-electron chi connectivity index (χ1n) is 5.61. The van der Waals surface area contributed by atoms with E-state index in [-0.39, 0.29) is 0 Å². The molecule has 0 spiro atoms. The number of nitrogens with one attached hydrogen (secondary N) is 1. The maximum absolute atomic E-state index is 4.15. The van der Waals surface area contributed by atoms with Gasteiger partial charge in [-0.3, -0.25) is 0 Å². The highest BCUT2D eigenvalue weighted by molar-refractivity contribution is 5.81. The number of nitrogens with zero attached hydrogens (tertiary/aromatic N) is 2. The highest BCUT2D eigenvalue weighted by atomic mass is 15.3. The second-order valence-corrected chi connectivity index (χ2v) is 4.30. The highest BCUT2D eigenvalue weighted by Crippen LogP contribution is 2.17. The summed E-state index contributed by atoms with van der Waals surface area (Å²) in [5, 5.41) is 4.09.